The maximum absolute atomic E-state index is 5.32. The molecule has 0 atom stereocenters. The highest BCUT2D eigenvalue weighted by Gasteiger charge is 2.20. The molecule has 3 rings (SSSR count). The van der Waals surface area contributed by atoms with Crippen molar-refractivity contribution in [2.45, 2.75) is 32.4 Å². The number of hydrogen-bond donors (Lipinski definition) is 1. The fourth-order valence-electron chi connectivity index (χ4n) is 1.87. The molecule has 17 heavy (non-hydrogen) atoms. The molecule has 0 radical (unpaired) electrons. The Bertz CT molecular complexity index is 514. The van der Waals surface area contributed by atoms with Crippen LogP contribution < -0.4 is 5.32 Å². The van der Waals surface area contributed by atoms with E-state index in [1.54, 1.807) is 0 Å². The first-order valence-corrected chi connectivity index (χ1v) is 6.07. The second-order valence-electron chi connectivity index (χ2n) is 4.70. The molecule has 0 saturated heterocycles. The molecule has 0 aliphatic heterocycles. The minimum Gasteiger partial charge on any atom is -0.359 e. The number of rotatable bonds is 4. The van der Waals surface area contributed by atoms with Gasteiger partial charge >= 0.3 is 0 Å². The van der Waals surface area contributed by atoms with E-state index in [9.17, 15) is 0 Å². The van der Waals surface area contributed by atoms with Crippen molar-refractivity contribution in [3.05, 3.63) is 41.7 Å². The number of hydrogen-bond acceptors (Lipinski definition) is 3. The normalized spacial score (nSPS) is 15.1. The van der Waals surface area contributed by atoms with E-state index < -0.39 is 0 Å². The highest BCUT2D eigenvalue weighted by Crippen LogP contribution is 2.22. The van der Waals surface area contributed by atoms with Gasteiger partial charge in [0.1, 0.15) is 5.69 Å². The molecular formula is C14H16N2O. The molecule has 0 amide bonds. The molecule has 2 aromatic rings. The number of benzene rings is 1. The molecule has 1 saturated carbocycles. The van der Waals surface area contributed by atoms with Crippen molar-refractivity contribution in [2.75, 3.05) is 0 Å². The maximum atomic E-state index is 5.32. The predicted molar refractivity (Wildman–Crippen MR) is 66.5 cm³/mol. The van der Waals surface area contributed by atoms with Crippen molar-refractivity contribution >= 4 is 0 Å². The first-order chi connectivity index (χ1) is 8.31. The van der Waals surface area contributed by atoms with E-state index in [0.29, 0.717) is 6.04 Å². The zero-order chi connectivity index (χ0) is 11.7. The molecule has 0 bridgehead atoms. The van der Waals surface area contributed by atoms with Gasteiger partial charge in [0, 0.05) is 17.7 Å². The smallest absolute Gasteiger partial charge is 0.151 e. The summed E-state index contributed by atoms with van der Waals surface area (Å²) < 4.78 is 5.32. The topological polar surface area (TPSA) is 38.1 Å². The van der Waals surface area contributed by atoms with E-state index in [-0.39, 0.29) is 0 Å². The molecule has 1 aromatic heterocycles. The second-order valence-corrected chi connectivity index (χ2v) is 4.70. The lowest BCUT2D eigenvalue weighted by atomic mass is 10.1. The maximum Gasteiger partial charge on any atom is 0.151 e. The number of nitrogens with one attached hydrogen (secondary N) is 1. The van der Waals surface area contributed by atoms with E-state index in [0.717, 1.165) is 23.6 Å². The summed E-state index contributed by atoms with van der Waals surface area (Å²) >= 11 is 0. The Balaban J connectivity index is 1.74. The van der Waals surface area contributed by atoms with Crippen LogP contribution in [-0.2, 0) is 6.54 Å². The van der Waals surface area contributed by atoms with Gasteiger partial charge < -0.3 is 9.84 Å². The van der Waals surface area contributed by atoms with Crippen molar-refractivity contribution in [3.63, 3.8) is 0 Å². The highest BCUT2D eigenvalue weighted by molar-refractivity contribution is 5.59. The fourth-order valence-corrected chi connectivity index (χ4v) is 1.87. The molecule has 1 aliphatic carbocycles. The summed E-state index contributed by atoms with van der Waals surface area (Å²) in [6.45, 7) is 2.86. The molecule has 1 N–H and O–H groups in total. The summed E-state index contributed by atoms with van der Waals surface area (Å²) in [5.41, 5.74) is 3.27. The van der Waals surface area contributed by atoms with Crippen LogP contribution in [-0.4, -0.2) is 11.2 Å². The minimum atomic E-state index is 0.697. The van der Waals surface area contributed by atoms with Gasteiger partial charge in [-0.1, -0.05) is 28.9 Å². The predicted octanol–water partition coefficient (Wildman–Crippen LogP) is 2.90. The molecule has 3 nitrogen and oxygen atoms in total. The zero-order valence-electron chi connectivity index (χ0n) is 9.94. The Labute approximate surface area is 101 Å². The van der Waals surface area contributed by atoms with Gasteiger partial charge in [0.25, 0.3) is 0 Å². The van der Waals surface area contributed by atoms with Gasteiger partial charge in [-0.05, 0) is 25.8 Å². The molecular weight excluding hydrogens is 212 g/mol. The standard InChI is InChI=1S/C14H16N2O/c1-10-3-2-4-11(7-10)14-8-13(17-16-14)9-15-12-5-6-12/h2-4,7-8,12,15H,5-6,9H2,1H3. The largest absolute Gasteiger partial charge is 0.359 e. The second kappa shape index (κ2) is 4.34. The van der Waals surface area contributed by atoms with E-state index in [4.69, 9.17) is 4.52 Å². The summed E-state index contributed by atoms with van der Waals surface area (Å²) in [4.78, 5) is 0. The van der Waals surface area contributed by atoms with E-state index in [2.05, 4.69) is 35.6 Å². The first kappa shape index (κ1) is 10.5. The van der Waals surface area contributed by atoms with Crippen LogP contribution in [0.3, 0.4) is 0 Å². The van der Waals surface area contributed by atoms with Crippen LogP contribution in [0.25, 0.3) is 11.3 Å². The van der Waals surface area contributed by atoms with Gasteiger partial charge in [-0.2, -0.15) is 0 Å². The quantitative estimate of drug-likeness (QED) is 0.874. The molecule has 1 fully saturated rings. The molecule has 1 aromatic carbocycles. The van der Waals surface area contributed by atoms with Crippen LogP contribution in [0, 0.1) is 6.92 Å². The molecule has 1 aliphatic rings. The van der Waals surface area contributed by atoms with Crippen molar-refractivity contribution in [2.24, 2.45) is 0 Å². The molecule has 0 spiro atoms. The van der Waals surface area contributed by atoms with Gasteiger partial charge in [-0.25, -0.2) is 0 Å². The van der Waals surface area contributed by atoms with Crippen molar-refractivity contribution in [3.8, 4) is 11.3 Å². The van der Waals surface area contributed by atoms with Gasteiger partial charge in [-0.3, -0.25) is 0 Å². The van der Waals surface area contributed by atoms with Crippen LogP contribution in [0.2, 0.25) is 0 Å². The average molecular weight is 228 g/mol. The van der Waals surface area contributed by atoms with Crippen LogP contribution in [0.5, 0.6) is 0 Å². The lowest BCUT2D eigenvalue weighted by molar-refractivity contribution is 0.374. The molecule has 0 unspecified atom stereocenters. The Morgan fingerprint density at radius 3 is 3.00 bits per heavy atom. The summed E-state index contributed by atoms with van der Waals surface area (Å²) in [5, 5.41) is 7.53. The zero-order valence-corrected chi connectivity index (χ0v) is 9.94. The van der Waals surface area contributed by atoms with E-state index in [1.807, 2.05) is 12.1 Å². The lowest BCUT2D eigenvalue weighted by Gasteiger charge is -1.96. The van der Waals surface area contributed by atoms with E-state index >= 15 is 0 Å². The number of aromatic nitrogens is 1. The number of aryl methyl sites for hydroxylation is 1. The minimum absolute atomic E-state index is 0.697. The van der Waals surface area contributed by atoms with E-state index in [1.165, 1.54) is 18.4 Å². The fraction of sp³-hybridized carbons (Fsp3) is 0.357. The summed E-state index contributed by atoms with van der Waals surface area (Å²) in [7, 11) is 0. The summed E-state index contributed by atoms with van der Waals surface area (Å²) in [6.07, 6.45) is 2.58. The third kappa shape index (κ3) is 2.56. The monoisotopic (exact) mass is 228 g/mol. The van der Waals surface area contributed by atoms with Crippen LogP contribution in [0.15, 0.2) is 34.9 Å². The SMILES string of the molecule is Cc1cccc(-c2cc(CNC3CC3)on2)c1. The Hall–Kier alpha value is -1.61. The third-order valence-corrected chi connectivity index (χ3v) is 3.02. The van der Waals surface area contributed by atoms with Crippen LogP contribution in [0.4, 0.5) is 0 Å². The number of nitrogens with zero attached hydrogens (tertiary/aromatic N) is 1. The van der Waals surface area contributed by atoms with Gasteiger partial charge in [0.15, 0.2) is 5.76 Å². The summed E-state index contributed by atoms with van der Waals surface area (Å²) in [6, 6.07) is 11.0. The van der Waals surface area contributed by atoms with Gasteiger partial charge in [-0.15, -0.1) is 0 Å². The van der Waals surface area contributed by atoms with Gasteiger partial charge in [0.2, 0.25) is 0 Å². The Morgan fingerprint density at radius 1 is 1.35 bits per heavy atom. The molecule has 3 heteroatoms. The van der Waals surface area contributed by atoms with Crippen LogP contribution in [0.1, 0.15) is 24.2 Å². The van der Waals surface area contributed by atoms with Crippen molar-refractivity contribution in [1.29, 1.82) is 0 Å². The summed E-state index contributed by atoms with van der Waals surface area (Å²) in [5.74, 6) is 0.911. The lowest BCUT2D eigenvalue weighted by Crippen LogP contribution is -2.14. The highest BCUT2D eigenvalue weighted by atomic mass is 16.5. The molecule has 1 heterocycles. The Morgan fingerprint density at radius 2 is 2.24 bits per heavy atom. The van der Waals surface area contributed by atoms with Crippen molar-refractivity contribution < 1.29 is 4.52 Å². The van der Waals surface area contributed by atoms with Gasteiger partial charge in [0.05, 0.1) is 6.54 Å². The molecule has 88 valence electrons. The first-order valence-electron chi connectivity index (χ1n) is 6.07. The van der Waals surface area contributed by atoms with Crippen molar-refractivity contribution in [1.82, 2.24) is 10.5 Å². The van der Waals surface area contributed by atoms with Crippen LogP contribution >= 0.6 is 0 Å². The Kier molecular flexibility index (Phi) is 2.69. The third-order valence-electron chi connectivity index (χ3n) is 3.02. The average Bonchev–Trinajstić information content (AvgIpc) is 3.04.